The Labute approximate surface area is 262 Å². The van der Waals surface area contributed by atoms with Crippen LogP contribution in [0, 0.1) is 0 Å². The second-order valence-electron chi connectivity index (χ2n) is 17.1. The van der Waals surface area contributed by atoms with Crippen molar-refractivity contribution in [2.75, 3.05) is 39.3 Å². The van der Waals surface area contributed by atoms with E-state index in [1.807, 2.05) is 0 Å². The summed E-state index contributed by atoms with van der Waals surface area (Å²) in [4.78, 5) is 16.2. The Morgan fingerprint density at radius 2 is 0.714 bits per heavy atom. The molecule has 7 aliphatic heterocycles. The SMILES string of the molecule is CC(C)N1CC2CC1CN2C(C)C.CC(C)N1CC2CCC(C1)N2C(C)(C)C.CC(C)N1CC2CCC1CN2C(C)C. The molecule has 0 amide bonds. The molecule has 0 saturated carbocycles. The van der Waals surface area contributed by atoms with E-state index in [9.17, 15) is 0 Å². The molecule has 7 heterocycles. The highest BCUT2D eigenvalue weighted by Crippen LogP contribution is 2.37. The summed E-state index contributed by atoms with van der Waals surface area (Å²) in [5.41, 5.74) is 0.356. The van der Waals surface area contributed by atoms with Crippen LogP contribution in [0.4, 0.5) is 0 Å². The van der Waals surface area contributed by atoms with Crippen LogP contribution < -0.4 is 0 Å². The summed E-state index contributed by atoms with van der Waals surface area (Å²) in [7, 11) is 0. The number of hydrogen-bond donors (Lipinski definition) is 0. The summed E-state index contributed by atoms with van der Waals surface area (Å²) in [6.45, 7) is 38.1. The van der Waals surface area contributed by atoms with E-state index in [-0.39, 0.29) is 0 Å². The maximum atomic E-state index is 2.77. The number of piperazine rings is 3. The molecule has 7 rings (SSSR count). The Balaban J connectivity index is 0.000000145. The standard InChI is InChI=1S/C13H26N2.C12H24N2.C11H22N2/c1-10(2)14-8-11-6-7-12(9-14)15(11)13(3,4)5;1-9(2)13-7-12-6-5-11(13)8-14(12)10(3)4;1-8(2)12-6-11-5-10(12)7-13(11)9(3)4/h10-12H,6-9H2,1-5H3;9-12H,5-8H2,1-4H3;8-11H,5-7H2,1-4H3. The van der Waals surface area contributed by atoms with Gasteiger partial charge in [0.05, 0.1) is 0 Å². The van der Waals surface area contributed by atoms with Gasteiger partial charge in [-0.25, -0.2) is 0 Å². The average Bonchev–Trinajstić information content (AvgIpc) is 3.61. The number of hydrogen-bond acceptors (Lipinski definition) is 6. The summed E-state index contributed by atoms with van der Waals surface area (Å²) >= 11 is 0. The van der Waals surface area contributed by atoms with Gasteiger partial charge in [-0.3, -0.25) is 29.4 Å². The van der Waals surface area contributed by atoms with Gasteiger partial charge in [0, 0.05) is 111 Å². The Morgan fingerprint density at radius 3 is 0.976 bits per heavy atom. The monoisotopic (exact) mass is 589 g/mol. The van der Waals surface area contributed by atoms with Crippen LogP contribution in [0.1, 0.15) is 122 Å². The molecule has 0 aliphatic carbocycles. The topological polar surface area (TPSA) is 19.4 Å². The molecule has 0 N–H and O–H groups in total. The molecule has 0 aromatic carbocycles. The zero-order valence-corrected chi connectivity index (χ0v) is 30.3. The minimum atomic E-state index is 0.356. The van der Waals surface area contributed by atoms with Gasteiger partial charge in [0.15, 0.2) is 0 Å². The van der Waals surface area contributed by atoms with E-state index < -0.39 is 0 Å². The van der Waals surface area contributed by atoms with Crippen molar-refractivity contribution in [3.63, 3.8) is 0 Å². The molecule has 0 radical (unpaired) electrons. The highest BCUT2D eigenvalue weighted by molar-refractivity contribution is 5.02. The molecule has 246 valence electrons. The molecule has 7 fully saturated rings. The van der Waals surface area contributed by atoms with Crippen LogP contribution in [0.2, 0.25) is 0 Å². The third-order valence-corrected chi connectivity index (χ3v) is 11.6. The van der Waals surface area contributed by atoms with Crippen molar-refractivity contribution in [2.24, 2.45) is 0 Å². The Bertz CT molecular complexity index is 777. The van der Waals surface area contributed by atoms with Gasteiger partial charge in [0.1, 0.15) is 0 Å². The first-order chi connectivity index (χ1) is 19.6. The van der Waals surface area contributed by atoms with Crippen LogP contribution in [0.25, 0.3) is 0 Å². The highest BCUT2D eigenvalue weighted by atomic mass is 15.4. The zero-order valence-electron chi connectivity index (χ0n) is 30.3. The van der Waals surface area contributed by atoms with Gasteiger partial charge < -0.3 is 0 Å². The molecule has 6 bridgehead atoms. The molecule has 6 atom stereocenters. The molecular weight excluding hydrogens is 516 g/mol. The summed E-state index contributed by atoms with van der Waals surface area (Å²) < 4.78 is 0. The van der Waals surface area contributed by atoms with Crippen LogP contribution >= 0.6 is 0 Å². The molecular formula is C36H72N6. The first-order valence-electron chi connectivity index (χ1n) is 18.1. The normalized spacial score (nSPS) is 34.7. The first-order valence-corrected chi connectivity index (χ1v) is 18.1. The van der Waals surface area contributed by atoms with Crippen molar-refractivity contribution in [2.45, 2.75) is 194 Å². The highest BCUT2D eigenvalue weighted by Gasteiger charge is 2.46. The predicted octanol–water partition coefficient (Wildman–Crippen LogP) is 5.86. The minimum absolute atomic E-state index is 0.356. The third-order valence-electron chi connectivity index (χ3n) is 11.6. The van der Waals surface area contributed by atoms with Gasteiger partial charge in [-0.15, -0.1) is 0 Å². The Hall–Kier alpha value is -0.240. The van der Waals surface area contributed by atoms with Gasteiger partial charge >= 0.3 is 0 Å². The van der Waals surface area contributed by atoms with Crippen LogP contribution in [0.15, 0.2) is 0 Å². The fourth-order valence-electron chi connectivity index (χ4n) is 9.60. The number of nitrogens with zero attached hydrogens (tertiary/aromatic N) is 6. The first kappa shape index (κ1) is 34.6. The van der Waals surface area contributed by atoms with Gasteiger partial charge in [-0.05, 0) is 122 Å². The molecule has 0 spiro atoms. The third kappa shape index (κ3) is 7.76. The maximum absolute atomic E-state index is 2.77. The van der Waals surface area contributed by atoms with E-state index in [4.69, 9.17) is 0 Å². The largest absolute Gasteiger partial charge is 0.298 e. The lowest BCUT2D eigenvalue weighted by Gasteiger charge is -2.54. The summed E-state index contributed by atoms with van der Waals surface area (Å²) in [5, 5.41) is 0. The van der Waals surface area contributed by atoms with Crippen LogP contribution in [-0.4, -0.2) is 141 Å². The van der Waals surface area contributed by atoms with Crippen molar-refractivity contribution in [3.8, 4) is 0 Å². The van der Waals surface area contributed by atoms with Gasteiger partial charge in [0.25, 0.3) is 0 Å². The van der Waals surface area contributed by atoms with E-state index in [0.29, 0.717) is 5.54 Å². The molecule has 0 aromatic heterocycles. The molecule has 0 aromatic rings. The summed E-state index contributed by atoms with van der Waals surface area (Å²) in [5.74, 6) is 0. The molecule has 6 heteroatoms. The second kappa shape index (κ2) is 14.0. The van der Waals surface area contributed by atoms with Gasteiger partial charge in [-0.1, -0.05) is 0 Å². The lowest BCUT2D eigenvalue weighted by atomic mass is 9.89. The van der Waals surface area contributed by atoms with Crippen molar-refractivity contribution in [3.05, 3.63) is 0 Å². The number of likely N-dealkylation sites (tertiary alicyclic amines) is 3. The van der Waals surface area contributed by atoms with E-state index >= 15 is 0 Å². The fourth-order valence-corrected chi connectivity index (χ4v) is 9.60. The van der Waals surface area contributed by atoms with Gasteiger partial charge in [-0.2, -0.15) is 0 Å². The molecule has 7 saturated heterocycles. The van der Waals surface area contributed by atoms with E-state index in [0.717, 1.165) is 66.5 Å². The lowest BCUT2D eigenvalue weighted by Crippen LogP contribution is -2.65. The number of piperidine rings is 2. The maximum Gasteiger partial charge on any atom is 0.0242 e. The molecule has 7 aliphatic rings. The van der Waals surface area contributed by atoms with Crippen molar-refractivity contribution >= 4 is 0 Å². The summed E-state index contributed by atoms with van der Waals surface area (Å²) in [6, 6.07) is 8.67. The van der Waals surface area contributed by atoms with Crippen molar-refractivity contribution in [1.82, 2.24) is 29.4 Å². The summed E-state index contributed by atoms with van der Waals surface area (Å²) in [6.07, 6.45) is 7.07. The Kier molecular flexibility index (Phi) is 11.6. The quantitative estimate of drug-likeness (QED) is 0.398. The average molecular weight is 589 g/mol. The van der Waals surface area contributed by atoms with Crippen molar-refractivity contribution < 1.29 is 0 Å². The minimum Gasteiger partial charge on any atom is -0.298 e. The zero-order chi connectivity index (χ0) is 31.1. The van der Waals surface area contributed by atoms with Crippen molar-refractivity contribution in [1.29, 1.82) is 0 Å². The molecule has 6 nitrogen and oxygen atoms in total. The predicted molar refractivity (Wildman–Crippen MR) is 181 cm³/mol. The fraction of sp³-hybridized carbons (Fsp3) is 1.00. The Morgan fingerprint density at radius 1 is 0.405 bits per heavy atom. The van der Waals surface area contributed by atoms with Gasteiger partial charge in [0.2, 0.25) is 0 Å². The van der Waals surface area contributed by atoms with Crippen LogP contribution in [0.5, 0.6) is 0 Å². The number of fused-ring (bicyclic) bond motifs is 7. The smallest absolute Gasteiger partial charge is 0.0242 e. The molecule has 42 heavy (non-hydrogen) atoms. The van der Waals surface area contributed by atoms with Crippen LogP contribution in [-0.2, 0) is 0 Å². The van der Waals surface area contributed by atoms with Crippen LogP contribution in [0.3, 0.4) is 0 Å². The molecule has 6 unspecified atom stereocenters. The number of rotatable bonds is 5. The lowest BCUT2D eigenvalue weighted by molar-refractivity contribution is -0.0495. The van der Waals surface area contributed by atoms with E-state index in [2.05, 4.69) is 119 Å². The van der Waals surface area contributed by atoms with E-state index in [1.165, 1.54) is 71.4 Å². The van der Waals surface area contributed by atoms with E-state index in [1.54, 1.807) is 0 Å². The second-order valence-corrected chi connectivity index (χ2v) is 17.1.